The van der Waals surface area contributed by atoms with Gasteiger partial charge in [-0.1, -0.05) is 11.3 Å². The number of pyridine rings is 2. The van der Waals surface area contributed by atoms with Gasteiger partial charge in [-0.2, -0.15) is 0 Å². The largest absolute Gasteiger partial charge is 0.611 e. The molecule has 6 nitrogen and oxygen atoms in total. The van der Waals surface area contributed by atoms with E-state index in [4.69, 9.17) is 10.7 Å². The summed E-state index contributed by atoms with van der Waals surface area (Å²) < 4.78 is 15.8. The number of hydrogen-bond acceptors (Lipinski definition) is 6. The van der Waals surface area contributed by atoms with E-state index in [9.17, 15) is 4.55 Å². The Hall–Kier alpha value is -2.16. The maximum absolute atomic E-state index is 13.0. The second kappa shape index (κ2) is 6.42. The Morgan fingerprint density at radius 3 is 2.76 bits per heavy atom. The summed E-state index contributed by atoms with van der Waals surface area (Å²) in [6, 6.07) is 4.25. The molecular weight excluding hydrogens is 402 g/mol. The first-order valence-corrected chi connectivity index (χ1v) is 12.0. The fourth-order valence-corrected chi connectivity index (χ4v) is 7.25. The number of hydrogen-bond donors (Lipinski definition) is 1. The number of rotatable bonds is 4. The number of fused-ring (bicyclic) bond motifs is 2. The molecule has 4 aromatic heterocycles. The predicted molar refractivity (Wildman–Crippen MR) is 118 cm³/mol. The van der Waals surface area contributed by atoms with Gasteiger partial charge in [-0.3, -0.25) is 0 Å². The zero-order valence-electron chi connectivity index (χ0n) is 16.1. The van der Waals surface area contributed by atoms with E-state index in [1.54, 1.807) is 6.33 Å². The summed E-state index contributed by atoms with van der Waals surface area (Å²) in [4.78, 5) is 14.6. The van der Waals surface area contributed by atoms with Crippen LogP contribution in [0.15, 0.2) is 28.9 Å². The van der Waals surface area contributed by atoms with Crippen LogP contribution in [0.2, 0.25) is 0 Å². The third-order valence-corrected chi connectivity index (χ3v) is 9.43. The van der Waals surface area contributed by atoms with Gasteiger partial charge in [0.05, 0.1) is 17.5 Å². The van der Waals surface area contributed by atoms with Crippen molar-refractivity contribution < 1.29 is 4.55 Å². The number of thiophene rings is 1. The Morgan fingerprint density at radius 1 is 1.21 bits per heavy atom. The van der Waals surface area contributed by atoms with Crippen molar-refractivity contribution >= 4 is 49.6 Å². The lowest BCUT2D eigenvalue weighted by Crippen LogP contribution is -2.28. The van der Waals surface area contributed by atoms with Crippen LogP contribution >= 0.6 is 11.3 Å². The molecule has 2 aliphatic carbocycles. The van der Waals surface area contributed by atoms with Crippen LogP contribution in [-0.4, -0.2) is 29.3 Å². The molecule has 0 unspecified atom stereocenters. The standard InChI is InChI=1S/C21H21N5OS2/c1-26-10-24-19-16(26)7-12(9-23-19)15-8-14(11-5-6-11)17-18(22)21(28-20(17)25-15)29(27)13-3-2-4-13/h7-11,13H,2-6,22H2,1H3/t29-/m1/s1. The molecule has 148 valence electrons. The van der Waals surface area contributed by atoms with E-state index in [0.29, 0.717) is 11.6 Å². The highest BCUT2D eigenvalue weighted by atomic mass is 32.2. The van der Waals surface area contributed by atoms with Gasteiger partial charge in [0.15, 0.2) is 5.65 Å². The SMILES string of the molecule is Cn1cnc2ncc(-c3cc(C4CC4)c4c(N)c([S@+]([O-])C5CCC5)sc4n3)cc21. The molecule has 0 aromatic carbocycles. The monoisotopic (exact) mass is 423 g/mol. The first-order chi connectivity index (χ1) is 14.1. The maximum atomic E-state index is 13.0. The van der Waals surface area contributed by atoms with Crippen LogP contribution in [-0.2, 0) is 18.2 Å². The average molecular weight is 424 g/mol. The molecule has 2 N–H and O–H groups in total. The van der Waals surface area contributed by atoms with Crippen molar-refractivity contribution in [3.05, 3.63) is 30.2 Å². The molecule has 0 bridgehead atoms. The summed E-state index contributed by atoms with van der Waals surface area (Å²) in [5, 5.41) is 1.28. The van der Waals surface area contributed by atoms with Gasteiger partial charge in [-0.15, -0.1) is 0 Å². The Bertz CT molecular complexity index is 1260. The summed E-state index contributed by atoms with van der Waals surface area (Å²) in [5.41, 5.74) is 12.1. The predicted octanol–water partition coefficient (Wildman–Crippen LogP) is 4.36. The van der Waals surface area contributed by atoms with Crippen LogP contribution in [0.25, 0.3) is 32.6 Å². The Morgan fingerprint density at radius 2 is 2.03 bits per heavy atom. The number of aryl methyl sites for hydroxylation is 1. The van der Waals surface area contributed by atoms with Gasteiger partial charge >= 0.3 is 0 Å². The number of nitrogens with two attached hydrogens (primary N) is 1. The molecule has 2 fully saturated rings. The van der Waals surface area contributed by atoms with Crippen LogP contribution in [0.5, 0.6) is 0 Å². The normalized spacial score (nSPS) is 18.4. The van der Waals surface area contributed by atoms with Gasteiger partial charge in [0.25, 0.3) is 0 Å². The van der Waals surface area contributed by atoms with Crippen molar-refractivity contribution in [2.24, 2.45) is 7.05 Å². The van der Waals surface area contributed by atoms with Gasteiger partial charge in [-0.05, 0) is 55.7 Å². The fraction of sp³-hybridized carbons (Fsp3) is 0.381. The molecule has 8 heteroatoms. The van der Waals surface area contributed by atoms with Crippen molar-refractivity contribution in [1.82, 2.24) is 19.5 Å². The first kappa shape index (κ1) is 17.7. The van der Waals surface area contributed by atoms with Crippen LogP contribution in [0.4, 0.5) is 5.69 Å². The van der Waals surface area contributed by atoms with Crippen molar-refractivity contribution in [2.45, 2.75) is 47.5 Å². The summed E-state index contributed by atoms with van der Waals surface area (Å²) in [6.07, 6.45) is 9.19. The van der Waals surface area contributed by atoms with E-state index in [1.807, 2.05) is 17.8 Å². The molecule has 6 rings (SSSR count). The molecule has 4 aromatic rings. The van der Waals surface area contributed by atoms with E-state index in [2.05, 4.69) is 22.1 Å². The third kappa shape index (κ3) is 2.77. The zero-order valence-corrected chi connectivity index (χ0v) is 17.7. The highest BCUT2D eigenvalue weighted by Gasteiger charge is 2.36. The van der Waals surface area contributed by atoms with E-state index < -0.39 is 11.2 Å². The zero-order chi connectivity index (χ0) is 19.7. The van der Waals surface area contributed by atoms with E-state index in [1.165, 1.54) is 36.2 Å². The fourth-order valence-electron chi connectivity index (χ4n) is 4.03. The average Bonchev–Trinajstić information content (AvgIpc) is 3.39. The second-order valence-corrected chi connectivity index (χ2v) is 11.1. The number of imidazole rings is 1. The number of nitrogen functional groups attached to an aromatic ring is 1. The lowest BCUT2D eigenvalue weighted by atomic mass is 10.00. The Kier molecular flexibility index (Phi) is 3.91. The summed E-state index contributed by atoms with van der Waals surface area (Å²) in [7, 11) is 1.97. The number of nitrogens with zero attached hydrogens (tertiary/aromatic N) is 4. The molecule has 0 amide bonds. The molecule has 2 aliphatic rings. The van der Waals surface area contributed by atoms with Crippen molar-refractivity contribution in [1.29, 1.82) is 0 Å². The van der Waals surface area contributed by atoms with Crippen LogP contribution in [0.1, 0.15) is 43.6 Å². The molecule has 0 saturated heterocycles. The summed E-state index contributed by atoms with van der Waals surface area (Å²) in [6.45, 7) is 0. The minimum atomic E-state index is -1.02. The van der Waals surface area contributed by atoms with Gasteiger partial charge in [0.2, 0.25) is 4.21 Å². The molecular formula is C21H21N5OS2. The Balaban J connectivity index is 1.53. The molecule has 29 heavy (non-hydrogen) atoms. The van der Waals surface area contributed by atoms with Crippen LogP contribution < -0.4 is 5.73 Å². The van der Waals surface area contributed by atoms with Crippen LogP contribution in [0, 0.1) is 0 Å². The molecule has 0 spiro atoms. The van der Waals surface area contributed by atoms with Crippen LogP contribution in [0.3, 0.4) is 0 Å². The van der Waals surface area contributed by atoms with E-state index in [0.717, 1.165) is 49.7 Å². The molecule has 4 heterocycles. The molecule has 1 atom stereocenters. The minimum Gasteiger partial charge on any atom is -0.611 e. The summed E-state index contributed by atoms with van der Waals surface area (Å²) >= 11 is 0.487. The number of aromatic nitrogens is 4. The lowest BCUT2D eigenvalue weighted by molar-refractivity contribution is 0.478. The molecule has 0 aliphatic heterocycles. The van der Waals surface area contributed by atoms with E-state index >= 15 is 0 Å². The lowest BCUT2D eigenvalue weighted by Gasteiger charge is -2.27. The van der Waals surface area contributed by atoms with E-state index in [-0.39, 0.29) is 5.25 Å². The maximum Gasteiger partial charge on any atom is 0.232 e. The minimum absolute atomic E-state index is 0.255. The van der Waals surface area contributed by atoms with Gasteiger partial charge in [0.1, 0.15) is 15.8 Å². The Labute approximate surface area is 175 Å². The van der Waals surface area contributed by atoms with Crippen molar-refractivity contribution in [3.8, 4) is 11.3 Å². The van der Waals surface area contributed by atoms with Crippen molar-refractivity contribution in [2.75, 3.05) is 5.73 Å². The van der Waals surface area contributed by atoms with Gasteiger partial charge < -0.3 is 14.9 Å². The van der Waals surface area contributed by atoms with Gasteiger partial charge in [-0.25, -0.2) is 15.0 Å². The quantitative estimate of drug-likeness (QED) is 0.492. The highest BCUT2D eigenvalue weighted by molar-refractivity contribution is 7.94. The highest BCUT2D eigenvalue weighted by Crippen LogP contribution is 2.49. The second-order valence-electron chi connectivity index (χ2n) is 8.13. The summed E-state index contributed by atoms with van der Waals surface area (Å²) in [5.74, 6) is 0.523. The molecule has 0 radical (unpaired) electrons. The van der Waals surface area contributed by atoms with Crippen molar-refractivity contribution in [3.63, 3.8) is 0 Å². The topological polar surface area (TPSA) is 92.7 Å². The number of anilines is 1. The first-order valence-electron chi connectivity index (χ1n) is 10.0. The smallest absolute Gasteiger partial charge is 0.232 e. The third-order valence-electron chi connectivity index (χ3n) is 6.13. The molecule has 2 saturated carbocycles. The van der Waals surface area contributed by atoms with Gasteiger partial charge in [0, 0.05) is 35.4 Å².